The van der Waals surface area contributed by atoms with Crippen LogP contribution < -0.4 is 5.73 Å². The molecule has 4 N–H and O–H groups in total. The Labute approximate surface area is 114 Å². The topological polar surface area (TPSA) is 70.1 Å². The van der Waals surface area contributed by atoms with Crippen molar-refractivity contribution in [2.24, 2.45) is 5.73 Å². The highest BCUT2D eigenvalue weighted by atomic mass is 32.1. The van der Waals surface area contributed by atoms with Crippen LogP contribution in [0.15, 0.2) is 48.5 Å². The molecule has 2 aromatic carbocycles. The number of rotatable bonds is 2. The molecule has 0 radical (unpaired) electrons. The van der Waals surface area contributed by atoms with E-state index < -0.39 is 0 Å². The van der Waals surface area contributed by atoms with Gasteiger partial charge in [-0.25, -0.2) is 0 Å². The van der Waals surface area contributed by atoms with Crippen LogP contribution in [0.25, 0.3) is 21.2 Å². The maximum atomic E-state index is 9.35. The van der Waals surface area contributed by atoms with Gasteiger partial charge in [0.25, 0.3) is 0 Å². The third-order valence-corrected chi connectivity index (χ3v) is 4.14. The van der Waals surface area contributed by atoms with Crippen LogP contribution in [0.1, 0.15) is 4.88 Å². The molecule has 0 amide bonds. The van der Waals surface area contributed by atoms with Gasteiger partial charge in [-0.1, -0.05) is 24.3 Å². The van der Waals surface area contributed by atoms with E-state index in [9.17, 15) is 5.11 Å². The van der Waals surface area contributed by atoms with E-state index in [1.54, 1.807) is 12.1 Å². The molecule has 19 heavy (non-hydrogen) atoms. The minimum Gasteiger partial charge on any atom is -0.508 e. The average Bonchev–Trinajstić information content (AvgIpc) is 2.83. The van der Waals surface area contributed by atoms with E-state index in [1.165, 1.54) is 11.3 Å². The summed E-state index contributed by atoms with van der Waals surface area (Å²) in [5.41, 5.74) is 7.67. The zero-order valence-electron chi connectivity index (χ0n) is 10.1. The van der Waals surface area contributed by atoms with Gasteiger partial charge >= 0.3 is 0 Å². The van der Waals surface area contributed by atoms with Gasteiger partial charge < -0.3 is 10.8 Å². The Kier molecular flexibility index (Phi) is 2.72. The molecule has 3 aromatic rings. The summed E-state index contributed by atoms with van der Waals surface area (Å²) in [6, 6.07) is 15.1. The number of aromatic hydroxyl groups is 1. The monoisotopic (exact) mass is 268 g/mol. The van der Waals surface area contributed by atoms with Gasteiger partial charge in [0.1, 0.15) is 11.6 Å². The van der Waals surface area contributed by atoms with E-state index in [2.05, 4.69) is 0 Å². The van der Waals surface area contributed by atoms with E-state index >= 15 is 0 Å². The molecule has 0 saturated carbocycles. The summed E-state index contributed by atoms with van der Waals surface area (Å²) >= 11 is 1.52. The maximum absolute atomic E-state index is 9.35. The third-order valence-electron chi connectivity index (χ3n) is 3.01. The first-order chi connectivity index (χ1) is 9.15. The fourth-order valence-electron chi connectivity index (χ4n) is 2.09. The van der Waals surface area contributed by atoms with Gasteiger partial charge in [-0.3, -0.25) is 5.41 Å². The standard InChI is InChI=1S/C15H12N2OS/c16-15(17)14-8-12-11(2-1-3-13(12)19-14)9-4-6-10(18)7-5-9/h1-8,18H,(H3,16,17). The Morgan fingerprint density at radius 1 is 1.11 bits per heavy atom. The summed E-state index contributed by atoms with van der Waals surface area (Å²) < 4.78 is 1.11. The zero-order valence-corrected chi connectivity index (χ0v) is 10.9. The summed E-state index contributed by atoms with van der Waals surface area (Å²) in [6.07, 6.45) is 0. The lowest BCUT2D eigenvalue weighted by Crippen LogP contribution is -2.08. The predicted molar refractivity (Wildman–Crippen MR) is 79.9 cm³/mol. The van der Waals surface area contributed by atoms with Crippen molar-refractivity contribution < 1.29 is 5.11 Å². The molecule has 0 unspecified atom stereocenters. The Hall–Kier alpha value is -2.33. The number of nitrogen functional groups attached to an aromatic ring is 1. The number of amidine groups is 1. The Balaban J connectivity index is 2.23. The molecule has 0 bridgehead atoms. The van der Waals surface area contributed by atoms with Gasteiger partial charge in [-0.05, 0) is 35.4 Å². The fourth-order valence-corrected chi connectivity index (χ4v) is 3.04. The molecule has 0 aliphatic rings. The fraction of sp³-hybridized carbons (Fsp3) is 0. The first-order valence-corrected chi connectivity index (χ1v) is 6.63. The second kappa shape index (κ2) is 4.40. The number of hydrogen-bond acceptors (Lipinski definition) is 3. The van der Waals surface area contributed by atoms with Gasteiger partial charge in [0, 0.05) is 10.1 Å². The number of fused-ring (bicyclic) bond motifs is 1. The van der Waals surface area contributed by atoms with E-state index in [1.807, 2.05) is 36.4 Å². The lowest BCUT2D eigenvalue weighted by atomic mass is 10.0. The van der Waals surface area contributed by atoms with Crippen LogP contribution in [-0.2, 0) is 0 Å². The summed E-state index contributed by atoms with van der Waals surface area (Å²) in [4.78, 5) is 0.779. The quantitative estimate of drug-likeness (QED) is 0.491. The predicted octanol–water partition coefficient (Wildman–Crippen LogP) is 3.56. The van der Waals surface area contributed by atoms with Gasteiger partial charge in [0.2, 0.25) is 0 Å². The number of phenolic OH excluding ortho intramolecular Hbond substituents is 1. The van der Waals surface area contributed by atoms with Gasteiger partial charge in [0.05, 0.1) is 4.88 Å². The van der Waals surface area contributed by atoms with Crippen LogP contribution in [0.2, 0.25) is 0 Å². The summed E-state index contributed by atoms with van der Waals surface area (Å²) in [5.74, 6) is 0.350. The lowest BCUT2D eigenvalue weighted by molar-refractivity contribution is 0.475. The van der Waals surface area contributed by atoms with Crippen molar-refractivity contribution >= 4 is 27.3 Å². The van der Waals surface area contributed by atoms with E-state index in [0.29, 0.717) is 0 Å². The summed E-state index contributed by atoms with van der Waals surface area (Å²) in [5, 5.41) is 18.0. The first-order valence-electron chi connectivity index (χ1n) is 5.81. The molecule has 0 saturated heterocycles. The summed E-state index contributed by atoms with van der Waals surface area (Å²) in [6.45, 7) is 0. The molecular weight excluding hydrogens is 256 g/mol. The van der Waals surface area contributed by atoms with E-state index in [-0.39, 0.29) is 11.6 Å². The van der Waals surface area contributed by atoms with Crippen molar-refractivity contribution in [3.8, 4) is 16.9 Å². The molecule has 0 fully saturated rings. The van der Waals surface area contributed by atoms with E-state index in [4.69, 9.17) is 11.1 Å². The molecule has 1 heterocycles. The number of thiophene rings is 1. The van der Waals surface area contributed by atoms with Crippen molar-refractivity contribution in [2.45, 2.75) is 0 Å². The Morgan fingerprint density at radius 3 is 2.53 bits per heavy atom. The van der Waals surface area contributed by atoms with Crippen LogP contribution in [0.4, 0.5) is 0 Å². The minimum absolute atomic E-state index is 0.0952. The van der Waals surface area contributed by atoms with Gasteiger partial charge in [-0.2, -0.15) is 0 Å². The molecule has 1 aromatic heterocycles. The molecule has 4 heteroatoms. The average molecular weight is 268 g/mol. The van der Waals surface area contributed by atoms with Crippen LogP contribution in [0.5, 0.6) is 5.75 Å². The van der Waals surface area contributed by atoms with Crippen LogP contribution in [-0.4, -0.2) is 10.9 Å². The highest BCUT2D eigenvalue weighted by Gasteiger charge is 2.09. The second-order valence-electron chi connectivity index (χ2n) is 4.29. The maximum Gasteiger partial charge on any atom is 0.133 e. The molecule has 0 spiro atoms. The minimum atomic E-state index is 0.0952. The number of hydrogen-bond donors (Lipinski definition) is 3. The molecular formula is C15H12N2OS. The van der Waals surface area contributed by atoms with Gasteiger partial charge in [0.15, 0.2) is 0 Å². The SMILES string of the molecule is N=C(N)c1cc2c(-c3ccc(O)cc3)cccc2s1. The number of benzene rings is 2. The normalized spacial score (nSPS) is 10.7. The largest absolute Gasteiger partial charge is 0.508 e. The Bertz CT molecular complexity index is 759. The molecule has 0 aliphatic carbocycles. The van der Waals surface area contributed by atoms with Crippen molar-refractivity contribution in [1.29, 1.82) is 5.41 Å². The van der Waals surface area contributed by atoms with Crippen molar-refractivity contribution in [2.75, 3.05) is 0 Å². The number of nitrogens with one attached hydrogen (secondary N) is 1. The van der Waals surface area contributed by atoms with Crippen molar-refractivity contribution in [1.82, 2.24) is 0 Å². The lowest BCUT2D eigenvalue weighted by Gasteiger charge is -2.03. The number of nitrogens with two attached hydrogens (primary N) is 1. The molecule has 3 nitrogen and oxygen atoms in total. The van der Waals surface area contributed by atoms with Crippen molar-refractivity contribution in [3.63, 3.8) is 0 Å². The van der Waals surface area contributed by atoms with Crippen LogP contribution in [0.3, 0.4) is 0 Å². The molecule has 3 rings (SSSR count). The van der Waals surface area contributed by atoms with Gasteiger partial charge in [-0.15, -0.1) is 11.3 Å². The third kappa shape index (κ3) is 2.06. The molecule has 94 valence electrons. The Morgan fingerprint density at radius 2 is 1.84 bits per heavy atom. The smallest absolute Gasteiger partial charge is 0.133 e. The van der Waals surface area contributed by atoms with Crippen LogP contribution in [0, 0.1) is 5.41 Å². The second-order valence-corrected chi connectivity index (χ2v) is 5.37. The van der Waals surface area contributed by atoms with Crippen molar-refractivity contribution in [3.05, 3.63) is 53.4 Å². The first kappa shape index (κ1) is 11.7. The molecule has 0 atom stereocenters. The summed E-state index contributed by atoms with van der Waals surface area (Å²) in [7, 11) is 0. The zero-order chi connectivity index (χ0) is 13.4. The molecule has 0 aliphatic heterocycles. The van der Waals surface area contributed by atoms with Crippen LogP contribution >= 0.6 is 11.3 Å². The highest BCUT2D eigenvalue weighted by molar-refractivity contribution is 7.20. The number of phenols is 1. The highest BCUT2D eigenvalue weighted by Crippen LogP contribution is 2.34. The van der Waals surface area contributed by atoms with E-state index in [0.717, 1.165) is 26.1 Å².